The van der Waals surface area contributed by atoms with Crippen LogP contribution in [0.15, 0.2) is 55.6 Å². The van der Waals surface area contributed by atoms with Crippen LogP contribution in [0.1, 0.15) is 71.5 Å². The number of allylic oxidation sites excluding steroid dienone is 1. The lowest BCUT2D eigenvalue weighted by Crippen LogP contribution is -2.59. The van der Waals surface area contributed by atoms with E-state index in [1.54, 1.807) is 17.1 Å². The van der Waals surface area contributed by atoms with Crippen LogP contribution < -0.4 is 5.32 Å². The first-order valence-corrected chi connectivity index (χ1v) is 16.2. The molecule has 3 saturated heterocycles. The van der Waals surface area contributed by atoms with Gasteiger partial charge in [0.15, 0.2) is 0 Å². The highest BCUT2D eigenvalue weighted by atomic mass is 16.6. The predicted molar refractivity (Wildman–Crippen MR) is 170 cm³/mol. The van der Waals surface area contributed by atoms with Crippen molar-refractivity contribution in [1.29, 1.82) is 0 Å². The van der Waals surface area contributed by atoms with Crippen molar-refractivity contribution in [2.45, 2.75) is 95.7 Å². The van der Waals surface area contributed by atoms with Gasteiger partial charge in [0, 0.05) is 19.0 Å². The van der Waals surface area contributed by atoms with Gasteiger partial charge in [-0.1, -0.05) is 56.3 Å². The van der Waals surface area contributed by atoms with E-state index in [1.807, 2.05) is 58.0 Å². The maximum Gasteiger partial charge on any atom is 0.313 e. The van der Waals surface area contributed by atoms with Crippen LogP contribution in [0.2, 0.25) is 0 Å². The number of carbonyl (C=O) groups is 4. The third-order valence-corrected chi connectivity index (χ3v) is 9.31. The molecule has 1 spiro atoms. The Morgan fingerprint density at radius 2 is 1.89 bits per heavy atom. The largest absolute Gasteiger partial charge is 0.455 e. The van der Waals surface area contributed by atoms with Crippen molar-refractivity contribution in [3.63, 3.8) is 0 Å². The van der Waals surface area contributed by atoms with E-state index in [2.05, 4.69) is 18.5 Å². The Morgan fingerprint density at radius 1 is 1.18 bits per heavy atom. The number of hydrogen-bond acceptors (Lipinski definition) is 7. The number of esters is 1. The minimum atomic E-state index is -1.22. The second-order valence-corrected chi connectivity index (χ2v) is 13.1. The van der Waals surface area contributed by atoms with Gasteiger partial charge in [-0.05, 0) is 51.0 Å². The molecule has 3 fully saturated rings. The van der Waals surface area contributed by atoms with E-state index in [-0.39, 0.29) is 55.8 Å². The SMILES string of the molecule is C=CCCC(=O)NC[C@H](OC(=O)[C@@H]1[C@@H]2CC[C@]3(O2)[C@H](C(=O)N(CC=C)C(C)C)N([C@@H](CO)CC(C)C)C(=O)[C@@H]13)c1ccccc1. The number of aliphatic hydroxyl groups excluding tert-OH is 1. The summed E-state index contributed by atoms with van der Waals surface area (Å²) < 4.78 is 12.7. The summed E-state index contributed by atoms with van der Waals surface area (Å²) in [6.07, 6.45) is 4.14. The van der Waals surface area contributed by atoms with Crippen molar-refractivity contribution in [2.75, 3.05) is 19.7 Å². The highest BCUT2D eigenvalue weighted by Gasteiger charge is 2.75. The number of hydrogen-bond donors (Lipinski definition) is 2. The number of benzene rings is 1. The van der Waals surface area contributed by atoms with Crippen LogP contribution in [-0.4, -0.2) is 88.1 Å². The van der Waals surface area contributed by atoms with Gasteiger partial charge >= 0.3 is 5.97 Å². The van der Waals surface area contributed by atoms with Crippen molar-refractivity contribution in [3.05, 3.63) is 61.2 Å². The molecule has 10 nitrogen and oxygen atoms in total. The third kappa shape index (κ3) is 6.87. The second kappa shape index (κ2) is 14.7. The normalized spacial score (nSPS) is 26.5. The molecule has 0 radical (unpaired) electrons. The molecule has 3 amide bonds. The van der Waals surface area contributed by atoms with E-state index in [9.17, 15) is 24.3 Å². The van der Waals surface area contributed by atoms with Crippen molar-refractivity contribution in [2.24, 2.45) is 17.8 Å². The zero-order chi connectivity index (χ0) is 32.9. The molecule has 2 N–H and O–H groups in total. The smallest absolute Gasteiger partial charge is 0.313 e. The van der Waals surface area contributed by atoms with Crippen LogP contribution in [-0.2, 0) is 28.7 Å². The minimum Gasteiger partial charge on any atom is -0.455 e. The molecule has 0 aromatic heterocycles. The van der Waals surface area contributed by atoms with Gasteiger partial charge in [-0.15, -0.1) is 13.2 Å². The fourth-order valence-electron chi connectivity index (χ4n) is 7.35. The molecule has 7 atom stereocenters. The Morgan fingerprint density at radius 3 is 2.49 bits per heavy atom. The molecule has 10 heteroatoms. The van der Waals surface area contributed by atoms with Crippen molar-refractivity contribution < 1.29 is 33.8 Å². The van der Waals surface area contributed by atoms with E-state index >= 15 is 0 Å². The van der Waals surface area contributed by atoms with Crippen molar-refractivity contribution in [1.82, 2.24) is 15.1 Å². The van der Waals surface area contributed by atoms with Gasteiger partial charge in [0.2, 0.25) is 17.7 Å². The Balaban J connectivity index is 1.68. The molecule has 3 aliphatic rings. The number of fused-ring (bicyclic) bond motifs is 1. The summed E-state index contributed by atoms with van der Waals surface area (Å²) in [5, 5.41) is 13.4. The lowest BCUT2D eigenvalue weighted by molar-refractivity contribution is -0.161. The summed E-state index contributed by atoms with van der Waals surface area (Å²) in [5.74, 6) is -3.15. The highest BCUT2D eigenvalue weighted by molar-refractivity contribution is 5.98. The first-order chi connectivity index (χ1) is 21.5. The molecule has 3 heterocycles. The fraction of sp³-hybridized carbons (Fsp3) is 0.600. The van der Waals surface area contributed by atoms with Crippen LogP contribution in [0.3, 0.4) is 0 Å². The lowest BCUT2D eigenvalue weighted by Gasteiger charge is -2.40. The van der Waals surface area contributed by atoms with Crippen LogP contribution >= 0.6 is 0 Å². The Kier molecular flexibility index (Phi) is 11.3. The van der Waals surface area contributed by atoms with Gasteiger partial charge in [0.05, 0.1) is 37.1 Å². The summed E-state index contributed by atoms with van der Waals surface area (Å²) >= 11 is 0. The van der Waals surface area contributed by atoms with Crippen molar-refractivity contribution in [3.8, 4) is 0 Å². The number of nitrogens with zero attached hydrogens (tertiary/aromatic N) is 2. The summed E-state index contributed by atoms with van der Waals surface area (Å²) in [6.45, 7) is 15.3. The van der Waals surface area contributed by atoms with Gasteiger partial charge in [0.25, 0.3) is 0 Å². The number of amides is 3. The maximum atomic E-state index is 14.5. The minimum absolute atomic E-state index is 0.0623. The molecule has 45 heavy (non-hydrogen) atoms. The van der Waals surface area contributed by atoms with Crippen LogP contribution in [0.25, 0.3) is 0 Å². The van der Waals surface area contributed by atoms with E-state index < -0.39 is 47.7 Å². The number of carbonyl (C=O) groups excluding carboxylic acids is 4. The standard InChI is InChI=1S/C35H49N3O7/c1-7-9-15-28(40)36-20-27(24-13-11-10-12-14-24)44-34(43)29-26-16-17-35(45-26)30(29)32(41)38(25(21-39)19-22(3)4)31(35)33(42)37(18-8-2)23(5)6/h7-8,10-14,22-23,25-27,29-31,39H,1-2,9,15-21H2,3-6H3,(H,36,40)/t25-,26+,27+,29-,30-,31+,35-/m1/s1. The van der Waals surface area contributed by atoms with Gasteiger partial charge in [-0.2, -0.15) is 0 Å². The maximum absolute atomic E-state index is 14.5. The van der Waals surface area contributed by atoms with Gasteiger partial charge in [0.1, 0.15) is 17.7 Å². The number of rotatable bonds is 16. The highest BCUT2D eigenvalue weighted by Crippen LogP contribution is 2.59. The molecular formula is C35H49N3O7. The Bertz CT molecular complexity index is 1250. The monoisotopic (exact) mass is 623 g/mol. The molecular weight excluding hydrogens is 574 g/mol. The van der Waals surface area contributed by atoms with E-state index in [1.165, 1.54) is 4.90 Å². The average Bonchev–Trinajstić information content (AvgIpc) is 3.66. The summed E-state index contributed by atoms with van der Waals surface area (Å²) in [6, 6.07) is 7.36. The van der Waals surface area contributed by atoms with Gasteiger partial charge in [-0.3, -0.25) is 19.2 Å². The first-order valence-electron chi connectivity index (χ1n) is 16.2. The third-order valence-electron chi connectivity index (χ3n) is 9.31. The number of ether oxygens (including phenoxy) is 2. The number of nitrogens with one attached hydrogen (secondary N) is 1. The molecule has 1 aromatic carbocycles. The molecule has 0 saturated carbocycles. The predicted octanol–water partition coefficient (Wildman–Crippen LogP) is 3.56. The zero-order valence-electron chi connectivity index (χ0n) is 27.0. The average molecular weight is 624 g/mol. The molecule has 246 valence electrons. The molecule has 2 bridgehead atoms. The van der Waals surface area contributed by atoms with Crippen molar-refractivity contribution >= 4 is 23.7 Å². The van der Waals surface area contributed by atoms with Crippen LogP contribution in [0.5, 0.6) is 0 Å². The molecule has 1 aromatic rings. The van der Waals surface area contributed by atoms with Crippen LogP contribution in [0, 0.1) is 17.8 Å². The number of likely N-dealkylation sites (tertiary alicyclic amines) is 1. The molecule has 4 rings (SSSR count). The summed E-state index contributed by atoms with van der Waals surface area (Å²) in [4.78, 5) is 58.6. The van der Waals surface area contributed by atoms with Crippen LogP contribution in [0.4, 0.5) is 0 Å². The topological polar surface area (TPSA) is 125 Å². The van der Waals surface area contributed by atoms with Gasteiger partial charge in [-0.25, -0.2) is 0 Å². The molecule has 0 aliphatic carbocycles. The summed E-state index contributed by atoms with van der Waals surface area (Å²) in [5.41, 5.74) is -0.516. The zero-order valence-corrected chi connectivity index (χ0v) is 27.0. The molecule has 0 unspecified atom stereocenters. The Hall–Kier alpha value is -3.50. The quantitative estimate of drug-likeness (QED) is 0.213. The summed E-state index contributed by atoms with van der Waals surface area (Å²) in [7, 11) is 0. The number of aliphatic hydroxyl groups is 1. The first kappa shape index (κ1) is 34.4. The van der Waals surface area contributed by atoms with E-state index in [0.717, 1.165) is 0 Å². The van der Waals surface area contributed by atoms with E-state index in [0.29, 0.717) is 31.2 Å². The lowest BCUT2D eigenvalue weighted by atomic mass is 9.70. The fourth-order valence-corrected chi connectivity index (χ4v) is 7.35. The van der Waals surface area contributed by atoms with E-state index in [4.69, 9.17) is 9.47 Å². The van der Waals surface area contributed by atoms with Gasteiger partial charge < -0.3 is 29.7 Å². The molecule has 3 aliphatic heterocycles. The second-order valence-electron chi connectivity index (χ2n) is 13.1. The Labute approximate surface area is 266 Å².